The summed E-state index contributed by atoms with van der Waals surface area (Å²) < 4.78 is 7.68. The number of hydrogen-bond donors (Lipinski definition) is 2. The zero-order valence-electron chi connectivity index (χ0n) is 23.4. The Morgan fingerprint density at radius 1 is 1.18 bits per heavy atom. The van der Waals surface area contributed by atoms with Crippen molar-refractivity contribution in [1.29, 1.82) is 0 Å². The van der Waals surface area contributed by atoms with E-state index in [0.717, 1.165) is 68.8 Å². The van der Waals surface area contributed by atoms with Crippen LogP contribution in [0.3, 0.4) is 0 Å². The number of fused-ring (bicyclic) bond motifs is 2. The van der Waals surface area contributed by atoms with Crippen LogP contribution in [0.15, 0.2) is 45.6 Å². The van der Waals surface area contributed by atoms with Crippen molar-refractivity contribution >= 4 is 22.3 Å². The molecule has 0 amide bonds. The Kier molecular flexibility index (Phi) is 6.69. The second-order valence-electron chi connectivity index (χ2n) is 11.2. The van der Waals surface area contributed by atoms with E-state index in [-0.39, 0.29) is 5.69 Å². The molecule has 0 bridgehead atoms. The molecule has 1 unspecified atom stereocenters. The first kappa shape index (κ1) is 25.6. The van der Waals surface area contributed by atoms with Gasteiger partial charge in [0.1, 0.15) is 5.69 Å². The summed E-state index contributed by atoms with van der Waals surface area (Å²) in [4.78, 5) is 17.0. The van der Waals surface area contributed by atoms with Crippen molar-refractivity contribution < 1.29 is 4.42 Å². The molecule has 2 aliphatic rings. The van der Waals surface area contributed by atoms with E-state index in [1.54, 1.807) is 6.07 Å². The van der Waals surface area contributed by atoms with Crippen LogP contribution in [0.25, 0.3) is 22.1 Å². The van der Waals surface area contributed by atoms with E-state index < -0.39 is 5.63 Å². The average molecular weight is 527 g/mol. The third-order valence-electron chi connectivity index (χ3n) is 8.65. The minimum Gasteiger partial charge on any atom is -0.419 e. The Hall–Kier alpha value is -3.62. The third kappa shape index (κ3) is 4.72. The number of nitrogen functional groups attached to an aromatic ring is 1. The molecule has 39 heavy (non-hydrogen) atoms. The van der Waals surface area contributed by atoms with Crippen LogP contribution in [-0.4, -0.2) is 53.9 Å². The Balaban J connectivity index is 1.28. The number of rotatable bonds is 5. The molecule has 1 atom stereocenters. The number of nitrogens with zero attached hydrogens (tertiary/aromatic N) is 4. The molecule has 6 rings (SSSR count). The number of aromatic nitrogens is 2. The highest BCUT2D eigenvalue weighted by molar-refractivity contribution is 5.91. The van der Waals surface area contributed by atoms with Crippen LogP contribution >= 0.6 is 0 Å². The van der Waals surface area contributed by atoms with Gasteiger partial charge in [-0.05, 0) is 80.6 Å². The highest BCUT2D eigenvalue weighted by Crippen LogP contribution is 2.36. The van der Waals surface area contributed by atoms with Crippen molar-refractivity contribution in [2.45, 2.75) is 45.7 Å². The van der Waals surface area contributed by atoms with Gasteiger partial charge in [-0.3, -0.25) is 9.58 Å². The Morgan fingerprint density at radius 2 is 1.97 bits per heavy atom. The fraction of sp³-hybridized carbons (Fsp3) is 0.419. The van der Waals surface area contributed by atoms with Gasteiger partial charge in [0.2, 0.25) is 0 Å². The van der Waals surface area contributed by atoms with E-state index in [0.29, 0.717) is 11.6 Å². The molecular weight excluding hydrogens is 488 g/mol. The Bertz CT molecular complexity index is 1600. The summed E-state index contributed by atoms with van der Waals surface area (Å²) in [5.74, 6) is 0. The number of benzene rings is 2. The van der Waals surface area contributed by atoms with Crippen molar-refractivity contribution in [2.75, 3.05) is 43.9 Å². The summed E-state index contributed by atoms with van der Waals surface area (Å²) in [6.07, 6.45) is 3.19. The molecule has 8 heteroatoms. The van der Waals surface area contributed by atoms with Gasteiger partial charge >= 0.3 is 5.63 Å². The van der Waals surface area contributed by atoms with Gasteiger partial charge < -0.3 is 20.4 Å². The second-order valence-corrected chi connectivity index (χ2v) is 11.2. The van der Waals surface area contributed by atoms with Gasteiger partial charge in [-0.2, -0.15) is 5.10 Å². The van der Waals surface area contributed by atoms with Crippen LogP contribution in [0, 0.1) is 13.8 Å². The van der Waals surface area contributed by atoms with Crippen molar-refractivity contribution in [2.24, 2.45) is 7.05 Å². The van der Waals surface area contributed by atoms with Crippen molar-refractivity contribution in [3.63, 3.8) is 0 Å². The molecule has 1 fully saturated rings. The number of hydrogen-bond acceptors (Lipinski definition) is 7. The fourth-order valence-corrected chi connectivity index (χ4v) is 6.50. The van der Waals surface area contributed by atoms with Gasteiger partial charge in [0.15, 0.2) is 5.58 Å². The SMILES string of the molecule is Cc1nn(C)c(C)c1-c1cccc2c1CCC(N(C)Cc1cc(N3CCNCC3)c3oc(=O)c(N)cc3c1)C2. The molecule has 4 aromatic rings. The summed E-state index contributed by atoms with van der Waals surface area (Å²) in [7, 11) is 4.25. The van der Waals surface area contributed by atoms with Crippen LogP contribution in [-0.2, 0) is 26.4 Å². The van der Waals surface area contributed by atoms with Gasteiger partial charge in [0.05, 0.1) is 11.4 Å². The normalized spacial score (nSPS) is 17.7. The number of nitrogens with two attached hydrogens (primary N) is 1. The molecule has 1 aliphatic heterocycles. The molecule has 3 heterocycles. The first-order chi connectivity index (χ1) is 18.8. The molecule has 2 aromatic carbocycles. The lowest BCUT2D eigenvalue weighted by molar-refractivity contribution is 0.214. The van der Waals surface area contributed by atoms with E-state index >= 15 is 0 Å². The predicted molar refractivity (Wildman–Crippen MR) is 157 cm³/mol. The Labute approximate surface area is 229 Å². The number of aryl methyl sites for hydroxylation is 2. The lowest BCUT2D eigenvalue weighted by Crippen LogP contribution is -2.43. The molecule has 0 spiro atoms. The summed E-state index contributed by atoms with van der Waals surface area (Å²) in [5.41, 5.74) is 16.3. The first-order valence-corrected chi connectivity index (χ1v) is 13.9. The highest BCUT2D eigenvalue weighted by atomic mass is 16.4. The largest absolute Gasteiger partial charge is 0.419 e. The van der Waals surface area contributed by atoms with Crippen LogP contribution in [0.1, 0.15) is 34.5 Å². The van der Waals surface area contributed by atoms with E-state index in [1.165, 1.54) is 33.5 Å². The molecule has 8 nitrogen and oxygen atoms in total. The first-order valence-electron chi connectivity index (χ1n) is 13.9. The van der Waals surface area contributed by atoms with Gasteiger partial charge in [-0.1, -0.05) is 18.2 Å². The van der Waals surface area contributed by atoms with Crippen LogP contribution in [0.4, 0.5) is 11.4 Å². The zero-order chi connectivity index (χ0) is 27.3. The molecule has 3 N–H and O–H groups in total. The summed E-state index contributed by atoms with van der Waals surface area (Å²) >= 11 is 0. The molecule has 0 radical (unpaired) electrons. The fourth-order valence-electron chi connectivity index (χ4n) is 6.50. The van der Waals surface area contributed by atoms with Gasteiger partial charge in [-0.25, -0.2) is 4.79 Å². The summed E-state index contributed by atoms with van der Waals surface area (Å²) in [6.45, 7) is 8.65. The minimum absolute atomic E-state index is 0.151. The van der Waals surface area contributed by atoms with Crippen molar-refractivity contribution in [3.05, 3.63) is 74.9 Å². The zero-order valence-corrected chi connectivity index (χ0v) is 23.4. The molecule has 0 saturated carbocycles. The number of anilines is 2. The lowest BCUT2D eigenvalue weighted by Gasteiger charge is -2.34. The van der Waals surface area contributed by atoms with E-state index in [2.05, 4.69) is 71.4 Å². The maximum Gasteiger partial charge on any atom is 0.359 e. The maximum absolute atomic E-state index is 12.3. The Morgan fingerprint density at radius 3 is 2.72 bits per heavy atom. The van der Waals surface area contributed by atoms with Gasteiger partial charge in [-0.15, -0.1) is 0 Å². The number of piperazine rings is 1. The molecule has 2 aromatic heterocycles. The smallest absolute Gasteiger partial charge is 0.359 e. The van der Waals surface area contributed by atoms with Crippen LogP contribution < -0.4 is 21.6 Å². The summed E-state index contributed by atoms with van der Waals surface area (Å²) in [5, 5.41) is 8.96. The number of nitrogens with one attached hydrogen (secondary N) is 1. The van der Waals surface area contributed by atoms with Gasteiger partial charge in [0.25, 0.3) is 0 Å². The predicted octanol–water partition coefficient (Wildman–Crippen LogP) is 3.79. The summed E-state index contributed by atoms with van der Waals surface area (Å²) in [6, 6.07) is 13.3. The highest BCUT2D eigenvalue weighted by Gasteiger charge is 2.26. The third-order valence-corrected chi connectivity index (χ3v) is 8.65. The molecule has 204 valence electrons. The molecular formula is C31H38N6O2. The molecule has 1 saturated heterocycles. The maximum atomic E-state index is 12.3. The number of likely N-dealkylation sites (N-methyl/N-ethyl adjacent to an activating group) is 1. The topological polar surface area (TPSA) is 92.6 Å². The van der Waals surface area contributed by atoms with Gasteiger partial charge in [0, 0.05) is 62.5 Å². The van der Waals surface area contributed by atoms with E-state index in [9.17, 15) is 4.79 Å². The van der Waals surface area contributed by atoms with Crippen molar-refractivity contribution in [1.82, 2.24) is 20.0 Å². The average Bonchev–Trinajstić information content (AvgIpc) is 3.19. The lowest BCUT2D eigenvalue weighted by atomic mass is 9.82. The van der Waals surface area contributed by atoms with Crippen LogP contribution in [0.2, 0.25) is 0 Å². The second kappa shape index (κ2) is 10.2. The van der Waals surface area contributed by atoms with E-state index in [1.807, 2.05) is 11.7 Å². The van der Waals surface area contributed by atoms with Crippen LogP contribution in [0.5, 0.6) is 0 Å². The molecule has 1 aliphatic carbocycles. The standard InChI is InChI=1S/C31H38N6O2/c1-19-29(20(2)36(4)34-19)26-7-5-6-22-16-24(8-9-25(22)26)35(3)18-21-14-23-17-27(32)31(38)39-30(23)28(15-21)37-12-10-33-11-13-37/h5-7,14-15,17,24,33H,8-13,16,18,32H2,1-4H3. The minimum atomic E-state index is -0.472. The van der Waals surface area contributed by atoms with E-state index in [4.69, 9.17) is 10.2 Å². The quantitative estimate of drug-likeness (QED) is 0.382. The monoisotopic (exact) mass is 526 g/mol. The van der Waals surface area contributed by atoms with Crippen molar-refractivity contribution in [3.8, 4) is 11.1 Å².